The fraction of sp³-hybridized carbons (Fsp3) is 0.400. The number of esters is 1. The molecule has 1 heterocycles. The van der Waals surface area contributed by atoms with E-state index in [0.717, 1.165) is 0 Å². The highest BCUT2D eigenvalue weighted by atomic mass is 127. The molecule has 0 spiro atoms. The Morgan fingerprint density at radius 2 is 2.25 bits per heavy atom. The molecule has 1 aromatic heterocycles. The first-order valence-corrected chi connectivity index (χ1v) is 5.54. The number of nitrogens with zero attached hydrogens (tertiary/aromatic N) is 1. The lowest BCUT2D eigenvalue weighted by atomic mass is 10.1. The van der Waals surface area contributed by atoms with E-state index in [-0.39, 0.29) is 12.1 Å². The monoisotopic (exact) mass is 341 g/mol. The van der Waals surface area contributed by atoms with E-state index in [1.165, 1.54) is 20.2 Å². The van der Waals surface area contributed by atoms with Crippen LogP contribution in [0.1, 0.15) is 23.2 Å². The van der Waals surface area contributed by atoms with Crippen LogP contribution in [0, 0.1) is 10.5 Å². The van der Waals surface area contributed by atoms with Crippen LogP contribution in [-0.4, -0.2) is 18.1 Å². The minimum atomic E-state index is -2.63. The van der Waals surface area contributed by atoms with Gasteiger partial charge in [-0.3, -0.25) is 9.78 Å². The molecule has 16 heavy (non-hydrogen) atoms. The fourth-order valence-electron chi connectivity index (χ4n) is 1.29. The van der Waals surface area contributed by atoms with Gasteiger partial charge in [-0.15, -0.1) is 0 Å². The van der Waals surface area contributed by atoms with Crippen LogP contribution in [0.25, 0.3) is 0 Å². The molecule has 0 bridgehead atoms. The summed E-state index contributed by atoms with van der Waals surface area (Å²) in [5.41, 5.74) is 0.629. The minimum absolute atomic E-state index is 0.0111. The Morgan fingerprint density at radius 1 is 1.62 bits per heavy atom. The summed E-state index contributed by atoms with van der Waals surface area (Å²) in [6.45, 7) is 1.54. The molecule has 0 unspecified atom stereocenters. The molecule has 0 aromatic carbocycles. The summed E-state index contributed by atoms with van der Waals surface area (Å²) in [4.78, 5) is 14.8. The van der Waals surface area contributed by atoms with Crippen LogP contribution >= 0.6 is 22.6 Å². The Morgan fingerprint density at radius 3 is 2.75 bits per heavy atom. The maximum atomic E-state index is 12.6. The van der Waals surface area contributed by atoms with Crippen molar-refractivity contribution >= 4 is 28.6 Å². The molecule has 1 rings (SSSR count). The second-order valence-electron chi connectivity index (χ2n) is 3.15. The summed E-state index contributed by atoms with van der Waals surface area (Å²) in [5.74, 6) is -0.451. The molecule has 3 nitrogen and oxygen atoms in total. The van der Waals surface area contributed by atoms with Gasteiger partial charge in [0.1, 0.15) is 5.69 Å². The number of ether oxygens (including phenoxy) is 1. The first-order valence-electron chi connectivity index (χ1n) is 4.46. The number of carbonyl (C=O) groups excluding carboxylic acids is 1. The SMILES string of the molecule is COC(=O)Cc1c(I)cnc(C(F)F)c1C. The summed E-state index contributed by atoms with van der Waals surface area (Å²) in [6.07, 6.45) is -1.30. The zero-order valence-electron chi connectivity index (χ0n) is 8.76. The Balaban J connectivity index is 3.16. The van der Waals surface area contributed by atoms with Crippen molar-refractivity contribution in [3.63, 3.8) is 0 Å². The van der Waals surface area contributed by atoms with Gasteiger partial charge in [0.15, 0.2) is 0 Å². The molecule has 88 valence electrons. The molecule has 0 atom stereocenters. The van der Waals surface area contributed by atoms with E-state index in [1.54, 1.807) is 0 Å². The number of hydrogen-bond donors (Lipinski definition) is 0. The van der Waals surface area contributed by atoms with E-state index < -0.39 is 12.4 Å². The molecule has 0 fully saturated rings. The average Bonchev–Trinajstić information content (AvgIpc) is 2.23. The third-order valence-electron chi connectivity index (χ3n) is 2.20. The lowest BCUT2D eigenvalue weighted by Crippen LogP contribution is -2.10. The number of carbonyl (C=O) groups is 1. The minimum Gasteiger partial charge on any atom is -0.469 e. The highest BCUT2D eigenvalue weighted by molar-refractivity contribution is 14.1. The number of aromatic nitrogens is 1. The largest absolute Gasteiger partial charge is 0.469 e. The van der Waals surface area contributed by atoms with E-state index >= 15 is 0 Å². The predicted octanol–water partition coefficient (Wildman–Crippen LogP) is 2.65. The predicted molar refractivity (Wildman–Crippen MR) is 62.4 cm³/mol. The first kappa shape index (κ1) is 13.3. The molecule has 0 saturated heterocycles. The van der Waals surface area contributed by atoms with Crippen LogP contribution in [0.3, 0.4) is 0 Å². The summed E-state index contributed by atoms with van der Waals surface area (Å²) in [7, 11) is 1.26. The maximum Gasteiger partial charge on any atom is 0.310 e. The van der Waals surface area contributed by atoms with Crippen molar-refractivity contribution in [2.45, 2.75) is 19.8 Å². The Bertz CT molecular complexity index is 410. The van der Waals surface area contributed by atoms with Gasteiger partial charge >= 0.3 is 5.97 Å². The number of rotatable bonds is 3. The molecule has 0 aliphatic rings. The number of methoxy groups -OCH3 is 1. The number of hydrogen-bond acceptors (Lipinski definition) is 3. The van der Waals surface area contributed by atoms with Gasteiger partial charge in [0, 0.05) is 9.77 Å². The molecular weight excluding hydrogens is 331 g/mol. The smallest absolute Gasteiger partial charge is 0.310 e. The van der Waals surface area contributed by atoms with E-state index in [0.29, 0.717) is 14.7 Å². The normalized spacial score (nSPS) is 10.6. The van der Waals surface area contributed by atoms with Crippen LogP contribution in [0.4, 0.5) is 8.78 Å². The zero-order chi connectivity index (χ0) is 12.3. The number of pyridine rings is 1. The van der Waals surface area contributed by atoms with E-state index in [1.807, 2.05) is 22.6 Å². The van der Waals surface area contributed by atoms with Crippen molar-refractivity contribution < 1.29 is 18.3 Å². The van der Waals surface area contributed by atoms with E-state index in [9.17, 15) is 13.6 Å². The lowest BCUT2D eigenvalue weighted by molar-refractivity contribution is -0.139. The van der Waals surface area contributed by atoms with Crippen molar-refractivity contribution in [2.75, 3.05) is 7.11 Å². The molecule has 1 aromatic rings. The van der Waals surface area contributed by atoms with Crippen LogP contribution < -0.4 is 0 Å². The van der Waals surface area contributed by atoms with Crippen LogP contribution in [0.2, 0.25) is 0 Å². The van der Waals surface area contributed by atoms with Crippen molar-refractivity contribution in [3.8, 4) is 0 Å². The first-order chi connectivity index (χ1) is 7.47. The summed E-state index contributed by atoms with van der Waals surface area (Å²) < 4.78 is 30.4. The fourth-order valence-corrected chi connectivity index (χ4v) is 2.02. The van der Waals surface area contributed by atoms with Gasteiger partial charge < -0.3 is 4.74 Å². The number of alkyl halides is 2. The molecule has 0 amide bonds. The quantitative estimate of drug-likeness (QED) is 0.627. The summed E-state index contributed by atoms with van der Waals surface area (Å²) >= 11 is 1.96. The molecule has 6 heteroatoms. The third kappa shape index (κ3) is 2.87. The van der Waals surface area contributed by atoms with Gasteiger partial charge in [-0.1, -0.05) is 0 Å². The van der Waals surface area contributed by atoms with Crippen molar-refractivity contribution in [2.24, 2.45) is 0 Å². The topological polar surface area (TPSA) is 39.2 Å². The molecular formula is C10H10F2INO2. The van der Waals surface area contributed by atoms with Gasteiger partial charge in [-0.2, -0.15) is 0 Å². The molecule has 0 radical (unpaired) electrons. The Labute approximate surface area is 105 Å². The molecule has 0 N–H and O–H groups in total. The highest BCUT2D eigenvalue weighted by Gasteiger charge is 2.18. The number of halogens is 3. The molecule has 0 aliphatic carbocycles. The lowest BCUT2D eigenvalue weighted by Gasteiger charge is -2.11. The van der Waals surface area contributed by atoms with Gasteiger partial charge in [-0.25, -0.2) is 8.78 Å². The standard InChI is InChI=1S/C10H10F2INO2/c1-5-6(3-8(15)16-2)7(13)4-14-9(5)10(11)12/h4,10H,3H2,1-2H3. The van der Waals surface area contributed by atoms with Crippen LogP contribution in [-0.2, 0) is 16.0 Å². The third-order valence-corrected chi connectivity index (χ3v) is 3.13. The maximum absolute atomic E-state index is 12.6. The van der Waals surface area contributed by atoms with Crippen LogP contribution in [0.5, 0.6) is 0 Å². The second-order valence-corrected chi connectivity index (χ2v) is 4.31. The zero-order valence-corrected chi connectivity index (χ0v) is 10.9. The van der Waals surface area contributed by atoms with Crippen molar-refractivity contribution in [1.82, 2.24) is 4.98 Å². The Hall–Kier alpha value is -0.790. The highest BCUT2D eigenvalue weighted by Crippen LogP contribution is 2.26. The molecule has 0 saturated carbocycles. The average molecular weight is 341 g/mol. The van der Waals surface area contributed by atoms with Gasteiger partial charge in [0.25, 0.3) is 6.43 Å². The van der Waals surface area contributed by atoms with Gasteiger partial charge in [0.2, 0.25) is 0 Å². The van der Waals surface area contributed by atoms with Crippen LogP contribution in [0.15, 0.2) is 6.20 Å². The van der Waals surface area contributed by atoms with Crippen molar-refractivity contribution in [3.05, 3.63) is 26.6 Å². The Kier molecular flexibility index (Phi) is 4.57. The van der Waals surface area contributed by atoms with Gasteiger partial charge in [0.05, 0.1) is 13.5 Å². The van der Waals surface area contributed by atoms with E-state index in [2.05, 4.69) is 9.72 Å². The van der Waals surface area contributed by atoms with Gasteiger partial charge in [-0.05, 0) is 40.6 Å². The van der Waals surface area contributed by atoms with Crippen molar-refractivity contribution in [1.29, 1.82) is 0 Å². The molecule has 0 aliphatic heterocycles. The summed E-state index contributed by atoms with van der Waals surface area (Å²) in [6, 6.07) is 0. The second kappa shape index (κ2) is 5.51. The van der Waals surface area contributed by atoms with E-state index in [4.69, 9.17) is 0 Å². The summed E-state index contributed by atoms with van der Waals surface area (Å²) in [5, 5.41) is 0.